The molecular formula is C23H30ClN7O2. The molecule has 0 atom stereocenters. The normalized spacial score (nSPS) is 19.4. The Balaban J connectivity index is 1.41. The van der Waals surface area contributed by atoms with E-state index in [1.54, 1.807) is 12.1 Å². The molecule has 0 bridgehead atoms. The molecule has 3 aliphatic rings. The van der Waals surface area contributed by atoms with Gasteiger partial charge in [0, 0.05) is 68.5 Å². The van der Waals surface area contributed by atoms with Gasteiger partial charge in [-0.05, 0) is 25.2 Å². The summed E-state index contributed by atoms with van der Waals surface area (Å²) < 4.78 is 5.52. The molecule has 0 saturated carbocycles. The van der Waals surface area contributed by atoms with Crippen LogP contribution in [0.15, 0.2) is 24.3 Å². The van der Waals surface area contributed by atoms with Crippen LogP contribution in [0.25, 0.3) is 0 Å². The standard InChI is InChI=1S/C23H30ClN7O2/c1-28-7-9-29(10-8-28)21-19-16-31(23(32)25-18-4-2-3-17(24)15-18)6-5-20(19)26-22(27-21)30-11-13-33-14-12-30/h2-4,15H,5-14,16H2,1H3,(H,25,32). The molecule has 1 aromatic carbocycles. The lowest BCUT2D eigenvalue weighted by molar-refractivity contribution is 0.122. The largest absolute Gasteiger partial charge is 0.378 e. The second kappa shape index (κ2) is 9.70. The molecule has 2 saturated heterocycles. The van der Waals surface area contributed by atoms with Gasteiger partial charge in [0.25, 0.3) is 0 Å². The first-order chi connectivity index (χ1) is 16.1. The van der Waals surface area contributed by atoms with E-state index in [2.05, 4.69) is 27.1 Å². The number of ether oxygens (including phenoxy) is 1. The van der Waals surface area contributed by atoms with Crippen LogP contribution in [0.2, 0.25) is 5.02 Å². The van der Waals surface area contributed by atoms with Crippen molar-refractivity contribution in [3.05, 3.63) is 40.5 Å². The molecule has 0 unspecified atom stereocenters. The predicted molar refractivity (Wildman–Crippen MR) is 129 cm³/mol. The number of amides is 2. The summed E-state index contributed by atoms with van der Waals surface area (Å²) in [6.45, 7) is 7.91. The van der Waals surface area contributed by atoms with Crippen molar-refractivity contribution in [3.8, 4) is 0 Å². The zero-order chi connectivity index (χ0) is 22.8. The van der Waals surface area contributed by atoms with Crippen LogP contribution in [-0.4, -0.2) is 91.9 Å². The van der Waals surface area contributed by atoms with E-state index in [0.717, 1.165) is 62.3 Å². The van der Waals surface area contributed by atoms with Gasteiger partial charge in [-0.2, -0.15) is 4.98 Å². The summed E-state index contributed by atoms with van der Waals surface area (Å²) in [6, 6.07) is 7.08. The third kappa shape index (κ3) is 5.00. The number of hydrogen-bond donors (Lipinski definition) is 1. The maximum absolute atomic E-state index is 13.0. The van der Waals surface area contributed by atoms with E-state index in [0.29, 0.717) is 43.4 Å². The van der Waals surface area contributed by atoms with Crippen LogP contribution in [0.4, 0.5) is 22.2 Å². The number of urea groups is 1. The zero-order valence-corrected chi connectivity index (χ0v) is 19.7. The highest BCUT2D eigenvalue weighted by Gasteiger charge is 2.30. The summed E-state index contributed by atoms with van der Waals surface area (Å²) in [5, 5.41) is 3.57. The lowest BCUT2D eigenvalue weighted by atomic mass is 10.1. The zero-order valence-electron chi connectivity index (χ0n) is 19.0. The third-order valence-electron chi connectivity index (χ3n) is 6.49. The minimum Gasteiger partial charge on any atom is -0.378 e. The Morgan fingerprint density at radius 2 is 1.82 bits per heavy atom. The van der Waals surface area contributed by atoms with Crippen LogP contribution in [0.1, 0.15) is 11.3 Å². The summed E-state index contributed by atoms with van der Waals surface area (Å²) in [5.41, 5.74) is 2.80. The van der Waals surface area contributed by atoms with E-state index in [-0.39, 0.29) is 6.03 Å². The summed E-state index contributed by atoms with van der Waals surface area (Å²) in [6.07, 6.45) is 0.707. The van der Waals surface area contributed by atoms with Crippen molar-refractivity contribution in [3.63, 3.8) is 0 Å². The predicted octanol–water partition coefficient (Wildman–Crippen LogP) is 2.31. The van der Waals surface area contributed by atoms with Crippen LogP contribution in [0.5, 0.6) is 0 Å². The van der Waals surface area contributed by atoms with Crippen LogP contribution >= 0.6 is 11.6 Å². The van der Waals surface area contributed by atoms with Gasteiger partial charge in [-0.3, -0.25) is 0 Å². The Morgan fingerprint density at radius 1 is 1.03 bits per heavy atom. The highest BCUT2D eigenvalue weighted by molar-refractivity contribution is 6.30. The average molecular weight is 472 g/mol. The number of carbonyl (C=O) groups excluding carboxylic acids is 1. The summed E-state index contributed by atoms with van der Waals surface area (Å²) >= 11 is 6.07. The van der Waals surface area contributed by atoms with Gasteiger partial charge in [0.15, 0.2) is 0 Å². The van der Waals surface area contributed by atoms with E-state index < -0.39 is 0 Å². The van der Waals surface area contributed by atoms with E-state index in [1.165, 1.54) is 0 Å². The van der Waals surface area contributed by atoms with Crippen LogP contribution in [0.3, 0.4) is 0 Å². The van der Waals surface area contributed by atoms with Crippen LogP contribution in [0, 0.1) is 0 Å². The number of fused-ring (bicyclic) bond motifs is 1. The first-order valence-corrected chi connectivity index (χ1v) is 11.9. The average Bonchev–Trinajstić information content (AvgIpc) is 2.84. The molecule has 176 valence electrons. The van der Waals surface area contributed by atoms with Crippen LogP contribution < -0.4 is 15.1 Å². The molecule has 2 fully saturated rings. The maximum Gasteiger partial charge on any atom is 0.322 e. The molecule has 33 heavy (non-hydrogen) atoms. The van der Waals surface area contributed by atoms with Gasteiger partial charge < -0.3 is 29.7 Å². The number of nitrogens with zero attached hydrogens (tertiary/aromatic N) is 6. The number of morpholine rings is 1. The van der Waals surface area contributed by atoms with Crippen molar-refractivity contribution in [2.24, 2.45) is 0 Å². The summed E-state index contributed by atoms with van der Waals surface area (Å²) in [7, 11) is 2.15. The van der Waals surface area contributed by atoms with Crippen molar-refractivity contribution in [2.45, 2.75) is 13.0 Å². The number of piperazine rings is 1. The Bertz CT molecular complexity index is 1010. The first-order valence-electron chi connectivity index (χ1n) is 11.5. The third-order valence-corrected chi connectivity index (χ3v) is 6.72. The van der Waals surface area contributed by atoms with Crippen molar-refractivity contribution in [1.82, 2.24) is 19.8 Å². The second-order valence-electron chi connectivity index (χ2n) is 8.77. The molecule has 0 radical (unpaired) electrons. The lowest BCUT2D eigenvalue weighted by Crippen LogP contribution is -2.47. The molecule has 2 aromatic rings. The minimum absolute atomic E-state index is 0.135. The molecule has 5 rings (SSSR count). The summed E-state index contributed by atoms with van der Waals surface area (Å²) in [5.74, 6) is 1.75. The number of hydrogen-bond acceptors (Lipinski definition) is 7. The minimum atomic E-state index is -0.135. The molecule has 1 N–H and O–H groups in total. The second-order valence-corrected chi connectivity index (χ2v) is 9.21. The number of anilines is 3. The Morgan fingerprint density at radius 3 is 2.58 bits per heavy atom. The van der Waals surface area contributed by atoms with E-state index in [1.807, 2.05) is 17.0 Å². The summed E-state index contributed by atoms with van der Waals surface area (Å²) in [4.78, 5) is 31.7. The Labute approximate surface area is 199 Å². The van der Waals surface area contributed by atoms with Gasteiger partial charge >= 0.3 is 6.03 Å². The van der Waals surface area contributed by atoms with Crippen molar-refractivity contribution >= 4 is 35.1 Å². The lowest BCUT2D eigenvalue weighted by Gasteiger charge is -2.38. The number of nitrogens with one attached hydrogen (secondary N) is 1. The van der Waals surface area contributed by atoms with Crippen LogP contribution in [-0.2, 0) is 17.7 Å². The number of rotatable bonds is 3. The molecule has 3 aliphatic heterocycles. The van der Waals surface area contributed by atoms with Crippen molar-refractivity contribution in [1.29, 1.82) is 0 Å². The molecule has 2 amide bonds. The fourth-order valence-electron chi connectivity index (χ4n) is 4.51. The number of benzene rings is 1. The van der Waals surface area contributed by atoms with E-state index in [4.69, 9.17) is 26.3 Å². The van der Waals surface area contributed by atoms with Gasteiger partial charge in [-0.15, -0.1) is 0 Å². The quantitative estimate of drug-likeness (QED) is 0.736. The number of likely N-dealkylation sites (N-methyl/N-ethyl adjacent to an activating group) is 1. The maximum atomic E-state index is 13.0. The number of aromatic nitrogens is 2. The topological polar surface area (TPSA) is 77.1 Å². The van der Waals surface area contributed by atoms with E-state index >= 15 is 0 Å². The fourth-order valence-corrected chi connectivity index (χ4v) is 4.70. The van der Waals surface area contributed by atoms with Crippen molar-refractivity contribution < 1.29 is 9.53 Å². The molecule has 9 nitrogen and oxygen atoms in total. The molecule has 10 heteroatoms. The van der Waals surface area contributed by atoms with Gasteiger partial charge in [0.2, 0.25) is 5.95 Å². The van der Waals surface area contributed by atoms with Crippen molar-refractivity contribution in [2.75, 3.05) is 81.2 Å². The van der Waals surface area contributed by atoms with Gasteiger partial charge in [0.05, 0.1) is 25.5 Å². The molecule has 4 heterocycles. The first kappa shape index (κ1) is 22.2. The Hall–Kier alpha value is -2.62. The van der Waals surface area contributed by atoms with E-state index in [9.17, 15) is 4.79 Å². The molecular weight excluding hydrogens is 442 g/mol. The fraction of sp³-hybridized carbons (Fsp3) is 0.522. The smallest absolute Gasteiger partial charge is 0.322 e. The monoisotopic (exact) mass is 471 g/mol. The molecule has 0 spiro atoms. The molecule has 0 aliphatic carbocycles. The molecule has 1 aromatic heterocycles. The number of carbonyl (C=O) groups is 1. The van der Waals surface area contributed by atoms with Gasteiger partial charge in [0.1, 0.15) is 5.82 Å². The van der Waals surface area contributed by atoms with Gasteiger partial charge in [-0.1, -0.05) is 17.7 Å². The highest BCUT2D eigenvalue weighted by Crippen LogP contribution is 2.30. The Kier molecular flexibility index (Phi) is 6.52. The highest BCUT2D eigenvalue weighted by atomic mass is 35.5. The number of halogens is 1. The SMILES string of the molecule is CN1CCN(c2nc(N3CCOCC3)nc3c2CN(C(=O)Nc2cccc(Cl)c2)CC3)CC1. The van der Waals surface area contributed by atoms with Gasteiger partial charge in [-0.25, -0.2) is 9.78 Å².